The third-order valence-electron chi connectivity index (χ3n) is 3.56. The third-order valence-corrected chi connectivity index (χ3v) is 3.56. The summed E-state index contributed by atoms with van der Waals surface area (Å²) in [5.74, 6) is 0.929. The molecule has 0 aromatic heterocycles. The fourth-order valence-electron chi connectivity index (χ4n) is 2.56. The lowest BCUT2D eigenvalue weighted by Gasteiger charge is -2.38. The zero-order valence-corrected chi connectivity index (χ0v) is 10.5. The molecule has 1 heteroatoms. The van der Waals surface area contributed by atoms with Gasteiger partial charge < -0.3 is 4.74 Å². The van der Waals surface area contributed by atoms with E-state index >= 15 is 0 Å². The number of hydrogen-bond acceptors (Lipinski definition) is 1. The van der Waals surface area contributed by atoms with E-state index < -0.39 is 0 Å². The van der Waals surface area contributed by atoms with Crippen molar-refractivity contribution in [1.82, 2.24) is 0 Å². The second-order valence-electron chi connectivity index (χ2n) is 6.36. The highest BCUT2D eigenvalue weighted by Gasteiger charge is 2.32. The van der Waals surface area contributed by atoms with Gasteiger partial charge in [0.1, 0.15) is 0 Å². The first-order chi connectivity index (χ1) is 6.35. The van der Waals surface area contributed by atoms with Gasteiger partial charge >= 0.3 is 0 Å². The smallest absolute Gasteiger partial charge is 0.0651 e. The first kappa shape index (κ1) is 12.0. The molecule has 0 aromatic rings. The lowest BCUT2D eigenvalue weighted by atomic mass is 9.73. The molecule has 1 nitrogen and oxygen atoms in total. The van der Waals surface area contributed by atoms with Crippen LogP contribution < -0.4 is 0 Å². The topological polar surface area (TPSA) is 9.23 Å². The summed E-state index contributed by atoms with van der Waals surface area (Å²) in [5, 5.41) is 0. The van der Waals surface area contributed by atoms with Crippen molar-refractivity contribution >= 4 is 0 Å². The second-order valence-corrected chi connectivity index (χ2v) is 6.36. The summed E-state index contributed by atoms with van der Waals surface area (Å²) in [4.78, 5) is 0. The Hall–Kier alpha value is -0.0400. The van der Waals surface area contributed by atoms with Gasteiger partial charge in [-0.15, -0.1) is 0 Å². The van der Waals surface area contributed by atoms with Gasteiger partial charge in [0.2, 0.25) is 0 Å². The van der Waals surface area contributed by atoms with Crippen molar-refractivity contribution < 1.29 is 4.74 Å². The summed E-state index contributed by atoms with van der Waals surface area (Å²) in [6, 6.07) is 0. The predicted octanol–water partition coefficient (Wildman–Crippen LogP) is 4.02. The van der Waals surface area contributed by atoms with Crippen molar-refractivity contribution in [2.75, 3.05) is 7.11 Å². The van der Waals surface area contributed by atoms with Gasteiger partial charge in [0.05, 0.1) is 5.60 Å². The molecule has 0 heterocycles. The largest absolute Gasteiger partial charge is 0.379 e. The van der Waals surface area contributed by atoms with Gasteiger partial charge in [0.15, 0.2) is 0 Å². The Bertz CT molecular complexity index is 170. The van der Waals surface area contributed by atoms with Crippen LogP contribution in [-0.4, -0.2) is 12.7 Å². The summed E-state index contributed by atoms with van der Waals surface area (Å²) >= 11 is 0. The zero-order chi connectivity index (χ0) is 10.8. The molecule has 0 radical (unpaired) electrons. The maximum atomic E-state index is 5.56. The molecule has 0 spiro atoms. The molecule has 1 saturated carbocycles. The molecule has 0 amide bonds. The van der Waals surface area contributed by atoms with Crippen molar-refractivity contribution in [2.45, 2.75) is 65.4 Å². The quantitative estimate of drug-likeness (QED) is 0.651. The highest BCUT2D eigenvalue weighted by Crippen LogP contribution is 2.39. The first-order valence-electron chi connectivity index (χ1n) is 5.90. The van der Waals surface area contributed by atoms with E-state index in [1.165, 1.54) is 32.1 Å². The van der Waals surface area contributed by atoms with Crippen LogP contribution in [0.2, 0.25) is 0 Å². The van der Waals surface area contributed by atoms with Gasteiger partial charge in [0, 0.05) is 7.11 Å². The molecule has 0 bridgehead atoms. The highest BCUT2D eigenvalue weighted by atomic mass is 16.5. The van der Waals surface area contributed by atoms with E-state index in [1.807, 2.05) is 7.11 Å². The molecule has 1 rings (SSSR count). The minimum absolute atomic E-state index is 0.175. The molecule has 0 aromatic carbocycles. The minimum Gasteiger partial charge on any atom is -0.379 e. The molecule has 14 heavy (non-hydrogen) atoms. The monoisotopic (exact) mass is 198 g/mol. The van der Waals surface area contributed by atoms with E-state index in [9.17, 15) is 0 Å². The Morgan fingerprint density at radius 1 is 1.21 bits per heavy atom. The summed E-state index contributed by atoms with van der Waals surface area (Å²) in [6.07, 6.45) is 6.55. The van der Waals surface area contributed by atoms with E-state index in [0.29, 0.717) is 5.41 Å². The van der Waals surface area contributed by atoms with Gasteiger partial charge in [-0.1, -0.05) is 20.8 Å². The van der Waals surface area contributed by atoms with Crippen LogP contribution in [0.3, 0.4) is 0 Å². The number of methoxy groups -OCH3 is 1. The summed E-state index contributed by atoms with van der Waals surface area (Å²) in [6.45, 7) is 9.28. The highest BCUT2D eigenvalue weighted by molar-refractivity contribution is 4.84. The van der Waals surface area contributed by atoms with E-state index in [1.54, 1.807) is 0 Å². The van der Waals surface area contributed by atoms with Gasteiger partial charge in [-0.2, -0.15) is 0 Å². The molecule has 0 aliphatic heterocycles. The van der Waals surface area contributed by atoms with Crippen LogP contribution in [0, 0.1) is 11.3 Å². The molecule has 0 unspecified atom stereocenters. The zero-order valence-electron chi connectivity index (χ0n) is 10.5. The van der Waals surface area contributed by atoms with Crippen molar-refractivity contribution in [3.63, 3.8) is 0 Å². The SMILES string of the molecule is COC1(C)CCC(CC(C)(C)C)CC1. The average molecular weight is 198 g/mol. The average Bonchev–Trinajstić information content (AvgIpc) is 2.07. The Morgan fingerprint density at radius 3 is 2.07 bits per heavy atom. The predicted molar refractivity (Wildman–Crippen MR) is 61.4 cm³/mol. The molecule has 0 atom stereocenters. The first-order valence-corrected chi connectivity index (χ1v) is 5.90. The van der Waals surface area contributed by atoms with Crippen LogP contribution in [0.25, 0.3) is 0 Å². The molecule has 1 aliphatic carbocycles. The maximum Gasteiger partial charge on any atom is 0.0651 e. The second kappa shape index (κ2) is 4.22. The molecule has 0 N–H and O–H groups in total. The lowest BCUT2D eigenvalue weighted by molar-refractivity contribution is -0.0372. The van der Waals surface area contributed by atoms with Crippen LogP contribution in [0.15, 0.2) is 0 Å². The fraction of sp³-hybridized carbons (Fsp3) is 1.00. The Balaban J connectivity index is 2.36. The Kier molecular flexibility index (Phi) is 3.63. The van der Waals surface area contributed by atoms with E-state index in [0.717, 1.165) is 5.92 Å². The van der Waals surface area contributed by atoms with Gasteiger partial charge in [0.25, 0.3) is 0 Å². The van der Waals surface area contributed by atoms with Crippen LogP contribution in [-0.2, 0) is 4.74 Å². The third kappa shape index (κ3) is 3.61. The van der Waals surface area contributed by atoms with Crippen LogP contribution in [0.1, 0.15) is 59.8 Å². The van der Waals surface area contributed by atoms with Gasteiger partial charge in [-0.05, 0) is 50.4 Å². The molecule has 1 aliphatic rings. The van der Waals surface area contributed by atoms with Gasteiger partial charge in [-0.25, -0.2) is 0 Å². The molecule has 84 valence electrons. The number of hydrogen-bond donors (Lipinski definition) is 0. The maximum absolute atomic E-state index is 5.56. The van der Waals surface area contributed by atoms with Crippen LogP contribution in [0.5, 0.6) is 0 Å². The Morgan fingerprint density at radius 2 is 1.71 bits per heavy atom. The number of rotatable bonds is 2. The molecular weight excluding hydrogens is 172 g/mol. The fourth-order valence-corrected chi connectivity index (χ4v) is 2.56. The molecular formula is C13H26O. The normalized spacial score (nSPS) is 34.5. The number of ether oxygens (including phenoxy) is 1. The van der Waals surface area contributed by atoms with Crippen molar-refractivity contribution in [2.24, 2.45) is 11.3 Å². The van der Waals surface area contributed by atoms with Crippen LogP contribution >= 0.6 is 0 Å². The lowest BCUT2D eigenvalue weighted by Crippen LogP contribution is -2.33. The summed E-state index contributed by atoms with van der Waals surface area (Å²) < 4.78 is 5.56. The van der Waals surface area contributed by atoms with Crippen molar-refractivity contribution in [3.05, 3.63) is 0 Å². The van der Waals surface area contributed by atoms with E-state index in [4.69, 9.17) is 4.74 Å². The van der Waals surface area contributed by atoms with Gasteiger partial charge in [-0.3, -0.25) is 0 Å². The van der Waals surface area contributed by atoms with E-state index in [-0.39, 0.29) is 5.60 Å². The summed E-state index contributed by atoms with van der Waals surface area (Å²) in [5.41, 5.74) is 0.667. The standard InChI is InChI=1S/C13H26O/c1-12(2,3)10-11-6-8-13(4,14-5)9-7-11/h11H,6-10H2,1-5H3. The molecule has 1 fully saturated rings. The Labute approximate surface area is 89.2 Å². The van der Waals surface area contributed by atoms with E-state index in [2.05, 4.69) is 27.7 Å². The summed E-state index contributed by atoms with van der Waals surface area (Å²) in [7, 11) is 1.85. The van der Waals surface area contributed by atoms with Crippen molar-refractivity contribution in [1.29, 1.82) is 0 Å². The van der Waals surface area contributed by atoms with Crippen molar-refractivity contribution in [3.8, 4) is 0 Å². The molecule has 0 saturated heterocycles. The van der Waals surface area contributed by atoms with Crippen LogP contribution in [0.4, 0.5) is 0 Å². The minimum atomic E-state index is 0.175.